The predicted octanol–water partition coefficient (Wildman–Crippen LogP) is 1.59. The molecule has 10 heteroatoms. The van der Waals surface area contributed by atoms with Crippen LogP contribution in [-0.2, 0) is 20.9 Å². The summed E-state index contributed by atoms with van der Waals surface area (Å²) in [6.45, 7) is 0.809. The van der Waals surface area contributed by atoms with Gasteiger partial charge in [0.05, 0.1) is 0 Å². The lowest BCUT2D eigenvalue weighted by Crippen LogP contribution is -2.48. The number of benzene rings is 1. The number of nitrogens with one attached hydrogen (secondary N) is 2. The lowest BCUT2D eigenvalue weighted by molar-refractivity contribution is -0.155. The molecule has 0 bridgehead atoms. The quantitative estimate of drug-likeness (QED) is 0.683. The molecule has 1 fully saturated rings. The number of ether oxygens (including phenoxy) is 1. The Kier molecular flexibility index (Phi) is 6.99. The van der Waals surface area contributed by atoms with E-state index in [1.807, 2.05) is 0 Å². The summed E-state index contributed by atoms with van der Waals surface area (Å²) in [5.74, 6) is -2.37. The Hall–Kier alpha value is -3.43. The Morgan fingerprint density at radius 1 is 1.20 bits per heavy atom. The molecule has 1 aromatic carbocycles. The Morgan fingerprint density at radius 2 is 1.90 bits per heavy atom. The second-order valence-electron chi connectivity index (χ2n) is 7.13. The van der Waals surface area contributed by atoms with Crippen molar-refractivity contribution in [1.29, 1.82) is 0 Å². The first-order valence-corrected chi connectivity index (χ1v) is 9.86. The van der Waals surface area contributed by atoms with Crippen molar-refractivity contribution in [3.63, 3.8) is 0 Å². The van der Waals surface area contributed by atoms with E-state index in [1.54, 1.807) is 30.3 Å². The van der Waals surface area contributed by atoms with E-state index in [4.69, 9.17) is 9.15 Å². The molecule has 0 aliphatic heterocycles. The SMILES string of the molecule is C[C@H](OC(=O)Cn1nc(-c2ccccc2)oc1=O)C(=O)NC(=O)NC1CCCCC1. The average Bonchev–Trinajstić information content (AvgIpc) is 3.09. The van der Waals surface area contributed by atoms with Gasteiger partial charge in [-0.25, -0.2) is 9.59 Å². The van der Waals surface area contributed by atoms with Crippen LogP contribution in [0.3, 0.4) is 0 Å². The number of amides is 3. The zero-order valence-electron chi connectivity index (χ0n) is 16.6. The summed E-state index contributed by atoms with van der Waals surface area (Å²) >= 11 is 0. The van der Waals surface area contributed by atoms with Crippen LogP contribution in [0.1, 0.15) is 39.0 Å². The number of aromatic nitrogens is 2. The summed E-state index contributed by atoms with van der Waals surface area (Å²) in [6, 6.07) is 8.16. The Labute approximate surface area is 172 Å². The molecular weight excluding hydrogens is 392 g/mol. The van der Waals surface area contributed by atoms with Crippen molar-refractivity contribution in [3.05, 3.63) is 40.9 Å². The highest BCUT2D eigenvalue weighted by Crippen LogP contribution is 2.17. The number of rotatable bonds is 6. The molecule has 1 heterocycles. The monoisotopic (exact) mass is 416 g/mol. The normalized spacial score (nSPS) is 15.2. The van der Waals surface area contributed by atoms with Gasteiger partial charge in [0.1, 0.15) is 6.54 Å². The molecule has 3 amide bonds. The van der Waals surface area contributed by atoms with E-state index in [9.17, 15) is 19.2 Å². The number of hydrogen-bond acceptors (Lipinski definition) is 7. The van der Waals surface area contributed by atoms with Gasteiger partial charge in [-0.1, -0.05) is 37.5 Å². The lowest BCUT2D eigenvalue weighted by atomic mass is 9.96. The minimum Gasteiger partial charge on any atom is -0.451 e. The van der Waals surface area contributed by atoms with Crippen LogP contribution in [0.2, 0.25) is 0 Å². The molecule has 0 spiro atoms. The molecule has 1 aromatic heterocycles. The van der Waals surface area contributed by atoms with Crippen molar-refractivity contribution in [2.75, 3.05) is 0 Å². The van der Waals surface area contributed by atoms with E-state index in [0.717, 1.165) is 36.8 Å². The Balaban J connectivity index is 1.49. The van der Waals surface area contributed by atoms with Crippen molar-refractivity contribution in [1.82, 2.24) is 20.4 Å². The summed E-state index contributed by atoms with van der Waals surface area (Å²) in [4.78, 5) is 48.0. The summed E-state index contributed by atoms with van der Waals surface area (Å²) in [5.41, 5.74) is 0.582. The fourth-order valence-electron chi connectivity index (χ4n) is 3.20. The number of esters is 1. The van der Waals surface area contributed by atoms with E-state index >= 15 is 0 Å². The maximum atomic E-state index is 12.1. The van der Waals surface area contributed by atoms with Crippen LogP contribution in [0.25, 0.3) is 11.5 Å². The highest BCUT2D eigenvalue weighted by molar-refractivity contribution is 5.97. The van der Waals surface area contributed by atoms with Crippen molar-refractivity contribution in [3.8, 4) is 11.5 Å². The van der Waals surface area contributed by atoms with Crippen LogP contribution in [-0.4, -0.2) is 39.8 Å². The van der Waals surface area contributed by atoms with Gasteiger partial charge in [0.15, 0.2) is 6.10 Å². The van der Waals surface area contributed by atoms with Gasteiger partial charge in [-0.05, 0) is 31.9 Å². The minimum atomic E-state index is -1.22. The minimum absolute atomic E-state index is 0.0438. The maximum Gasteiger partial charge on any atom is 0.437 e. The maximum absolute atomic E-state index is 12.1. The topological polar surface area (TPSA) is 133 Å². The number of imide groups is 1. The predicted molar refractivity (Wildman–Crippen MR) is 105 cm³/mol. The fourth-order valence-corrected chi connectivity index (χ4v) is 3.20. The highest BCUT2D eigenvalue weighted by atomic mass is 16.5. The van der Waals surface area contributed by atoms with Crippen LogP contribution in [0.5, 0.6) is 0 Å². The summed E-state index contributed by atoms with van der Waals surface area (Å²) in [5, 5.41) is 8.87. The van der Waals surface area contributed by atoms with Crippen LogP contribution in [0.15, 0.2) is 39.5 Å². The van der Waals surface area contributed by atoms with Gasteiger partial charge in [-0.15, -0.1) is 5.10 Å². The van der Waals surface area contributed by atoms with Gasteiger partial charge in [0, 0.05) is 11.6 Å². The number of urea groups is 1. The van der Waals surface area contributed by atoms with E-state index in [-0.39, 0.29) is 11.9 Å². The van der Waals surface area contributed by atoms with E-state index in [2.05, 4.69) is 15.7 Å². The van der Waals surface area contributed by atoms with Crippen LogP contribution in [0.4, 0.5) is 4.79 Å². The molecule has 10 nitrogen and oxygen atoms in total. The number of nitrogens with zero attached hydrogens (tertiary/aromatic N) is 2. The van der Waals surface area contributed by atoms with Gasteiger partial charge in [-0.3, -0.25) is 14.9 Å². The van der Waals surface area contributed by atoms with Crippen LogP contribution in [0, 0.1) is 0 Å². The number of hydrogen-bond donors (Lipinski definition) is 2. The third-order valence-electron chi connectivity index (χ3n) is 4.76. The standard InChI is InChI=1S/C20H24N4O6/c1-13(17(26)22-19(27)21-15-10-6-3-7-11-15)29-16(25)12-24-20(28)30-18(23-24)14-8-4-2-5-9-14/h2,4-5,8-9,13,15H,3,6-7,10-12H2,1H3,(H2,21,22,26,27)/t13-/m0/s1. The van der Waals surface area contributed by atoms with E-state index < -0.39 is 36.3 Å². The molecule has 3 rings (SSSR count). The molecule has 2 aromatic rings. The van der Waals surface area contributed by atoms with Crippen molar-refractivity contribution in [2.24, 2.45) is 0 Å². The first-order chi connectivity index (χ1) is 14.4. The molecule has 160 valence electrons. The van der Waals surface area contributed by atoms with Crippen molar-refractivity contribution in [2.45, 2.75) is 57.7 Å². The fraction of sp³-hybridized carbons (Fsp3) is 0.450. The molecule has 1 atom stereocenters. The van der Waals surface area contributed by atoms with Crippen molar-refractivity contribution >= 4 is 17.9 Å². The molecule has 1 saturated carbocycles. The summed E-state index contributed by atoms with van der Waals surface area (Å²) in [7, 11) is 0. The van der Waals surface area contributed by atoms with Gasteiger partial charge < -0.3 is 14.5 Å². The zero-order chi connectivity index (χ0) is 21.5. The Bertz CT molecular complexity index is 946. The van der Waals surface area contributed by atoms with Gasteiger partial charge >= 0.3 is 17.8 Å². The van der Waals surface area contributed by atoms with Crippen molar-refractivity contribution < 1.29 is 23.5 Å². The summed E-state index contributed by atoms with van der Waals surface area (Å²) in [6.07, 6.45) is 3.77. The molecule has 1 aliphatic carbocycles. The van der Waals surface area contributed by atoms with E-state index in [0.29, 0.717) is 5.56 Å². The third kappa shape index (κ3) is 5.79. The average molecular weight is 416 g/mol. The number of carbonyl (C=O) groups excluding carboxylic acids is 3. The number of carbonyl (C=O) groups is 3. The molecule has 1 aliphatic rings. The third-order valence-corrected chi connectivity index (χ3v) is 4.76. The molecular formula is C20H24N4O6. The zero-order valence-corrected chi connectivity index (χ0v) is 16.6. The molecule has 0 unspecified atom stereocenters. The van der Waals surface area contributed by atoms with Gasteiger partial charge in [-0.2, -0.15) is 4.68 Å². The second kappa shape index (κ2) is 9.86. The first-order valence-electron chi connectivity index (χ1n) is 9.86. The molecule has 0 radical (unpaired) electrons. The van der Waals surface area contributed by atoms with Gasteiger partial charge in [0.2, 0.25) is 5.89 Å². The van der Waals surface area contributed by atoms with Crippen LogP contribution >= 0.6 is 0 Å². The second-order valence-corrected chi connectivity index (χ2v) is 7.13. The van der Waals surface area contributed by atoms with E-state index in [1.165, 1.54) is 6.92 Å². The molecule has 2 N–H and O–H groups in total. The largest absolute Gasteiger partial charge is 0.451 e. The first kappa shape index (κ1) is 21.3. The smallest absolute Gasteiger partial charge is 0.437 e. The summed E-state index contributed by atoms with van der Waals surface area (Å²) < 4.78 is 10.9. The van der Waals surface area contributed by atoms with Crippen LogP contribution < -0.4 is 16.4 Å². The van der Waals surface area contributed by atoms with Gasteiger partial charge in [0.25, 0.3) is 5.91 Å². The molecule has 0 saturated heterocycles. The lowest BCUT2D eigenvalue weighted by Gasteiger charge is -2.23. The Morgan fingerprint density at radius 3 is 2.60 bits per heavy atom. The molecule has 30 heavy (non-hydrogen) atoms. The highest BCUT2D eigenvalue weighted by Gasteiger charge is 2.23.